The summed E-state index contributed by atoms with van der Waals surface area (Å²) in [5, 5.41) is 2.80. The quantitative estimate of drug-likeness (QED) is 0.877. The van der Waals surface area contributed by atoms with Gasteiger partial charge in [0, 0.05) is 32.4 Å². The SMILES string of the molecule is CNc1ncccn1.O=C(OCc1ccc(F)cc1)N1CCCC(F)(F)C1. The smallest absolute Gasteiger partial charge is 0.410 e. The second-order valence-electron chi connectivity index (χ2n) is 5.88. The number of nitrogens with one attached hydrogen (secondary N) is 1. The Labute approximate surface area is 155 Å². The van der Waals surface area contributed by atoms with Crippen LogP contribution >= 0.6 is 0 Å². The molecule has 0 saturated carbocycles. The van der Waals surface area contributed by atoms with Gasteiger partial charge in [0.25, 0.3) is 5.92 Å². The maximum absolute atomic E-state index is 13.1. The van der Waals surface area contributed by atoms with Crippen LogP contribution in [0.3, 0.4) is 0 Å². The third kappa shape index (κ3) is 7.12. The number of aromatic nitrogens is 2. The Morgan fingerprint density at radius 1 is 1.26 bits per heavy atom. The van der Waals surface area contributed by atoms with Gasteiger partial charge < -0.3 is 15.0 Å². The Morgan fingerprint density at radius 3 is 2.48 bits per heavy atom. The minimum absolute atomic E-state index is 0.0544. The van der Waals surface area contributed by atoms with Gasteiger partial charge in [-0.3, -0.25) is 0 Å². The lowest BCUT2D eigenvalue weighted by Crippen LogP contribution is -2.45. The van der Waals surface area contributed by atoms with Gasteiger partial charge in [-0.2, -0.15) is 0 Å². The van der Waals surface area contributed by atoms with Gasteiger partial charge in [0.1, 0.15) is 12.4 Å². The molecule has 1 fully saturated rings. The van der Waals surface area contributed by atoms with Gasteiger partial charge >= 0.3 is 6.09 Å². The molecule has 9 heteroatoms. The van der Waals surface area contributed by atoms with Gasteiger partial charge in [-0.25, -0.2) is 27.9 Å². The average Bonchev–Trinajstić information content (AvgIpc) is 2.67. The first-order valence-corrected chi connectivity index (χ1v) is 8.38. The normalized spacial score (nSPS) is 15.3. The summed E-state index contributed by atoms with van der Waals surface area (Å²) in [6.45, 7) is -0.381. The van der Waals surface area contributed by atoms with Gasteiger partial charge in [0.05, 0.1) is 6.54 Å². The van der Waals surface area contributed by atoms with Crippen LogP contribution in [-0.4, -0.2) is 47.0 Å². The number of halogens is 3. The molecule has 0 radical (unpaired) electrons. The number of anilines is 1. The largest absolute Gasteiger partial charge is 0.445 e. The molecule has 1 N–H and O–H groups in total. The molecule has 1 aromatic heterocycles. The number of nitrogens with zero attached hydrogens (tertiary/aromatic N) is 3. The van der Waals surface area contributed by atoms with E-state index >= 15 is 0 Å². The number of carbonyl (C=O) groups is 1. The van der Waals surface area contributed by atoms with Gasteiger partial charge in [-0.15, -0.1) is 0 Å². The predicted octanol–water partition coefficient (Wildman–Crippen LogP) is 3.71. The molecule has 0 unspecified atom stereocenters. The van der Waals surface area contributed by atoms with Crippen LogP contribution in [0.4, 0.5) is 23.9 Å². The number of likely N-dealkylation sites (tertiary alicyclic amines) is 1. The van der Waals surface area contributed by atoms with Crippen molar-refractivity contribution in [3.05, 3.63) is 54.1 Å². The number of amides is 1. The lowest BCUT2D eigenvalue weighted by molar-refractivity contribution is -0.0611. The number of rotatable bonds is 3. The molecule has 1 aliphatic rings. The molecule has 2 heterocycles. The van der Waals surface area contributed by atoms with Crippen LogP contribution in [0.15, 0.2) is 42.7 Å². The van der Waals surface area contributed by atoms with Crippen LogP contribution in [0.5, 0.6) is 0 Å². The summed E-state index contributed by atoms with van der Waals surface area (Å²) in [6, 6.07) is 7.23. The number of piperidine rings is 1. The van der Waals surface area contributed by atoms with E-state index in [-0.39, 0.29) is 31.8 Å². The Balaban J connectivity index is 0.000000273. The Bertz CT molecular complexity index is 714. The Kier molecular flexibility index (Phi) is 7.39. The van der Waals surface area contributed by atoms with Crippen LogP contribution in [0.1, 0.15) is 18.4 Å². The molecule has 1 aromatic carbocycles. The number of alkyl halides is 2. The minimum Gasteiger partial charge on any atom is -0.445 e. The van der Waals surface area contributed by atoms with E-state index in [0.29, 0.717) is 11.5 Å². The molecule has 1 amide bonds. The zero-order chi connectivity index (χ0) is 19.7. The summed E-state index contributed by atoms with van der Waals surface area (Å²) >= 11 is 0. The Morgan fingerprint density at radius 2 is 1.93 bits per heavy atom. The van der Waals surface area contributed by atoms with Gasteiger partial charge in [0.2, 0.25) is 5.95 Å². The van der Waals surface area contributed by atoms with Crippen LogP contribution in [-0.2, 0) is 11.3 Å². The van der Waals surface area contributed by atoms with E-state index in [1.807, 2.05) is 0 Å². The van der Waals surface area contributed by atoms with Gasteiger partial charge in [-0.1, -0.05) is 12.1 Å². The minimum atomic E-state index is -2.84. The van der Waals surface area contributed by atoms with Crippen molar-refractivity contribution in [3.8, 4) is 0 Å². The van der Waals surface area contributed by atoms with Crippen LogP contribution in [0.25, 0.3) is 0 Å². The first-order chi connectivity index (χ1) is 12.9. The van der Waals surface area contributed by atoms with E-state index in [1.54, 1.807) is 25.5 Å². The van der Waals surface area contributed by atoms with E-state index in [0.717, 1.165) is 4.90 Å². The molecule has 1 saturated heterocycles. The highest BCUT2D eigenvalue weighted by atomic mass is 19.3. The van der Waals surface area contributed by atoms with E-state index in [1.165, 1.54) is 24.3 Å². The maximum Gasteiger partial charge on any atom is 0.410 e. The summed E-state index contributed by atoms with van der Waals surface area (Å²) in [5.74, 6) is -2.56. The average molecular weight is 382 g/mol. The monoisotopic (exact) mass is 382 g/mol. The summed E-state index contributed by atoms with van der Waals surface area (Å²) in [6.07, 6.45) is 2.69. The summed E-state index contributed by atoms with van der Waals surface area (Å²) in [4.78, 5) is 20.4. The van der Waals surface area contributed by atoms with Gasteiger partial charge in [0.15, 0.2) is 0 Å². The molecule has 6 nitrogen and oxygen atoms in total. The molecule has 3 rings (SSSR count). The molecule has 0 atom stereocenters. The van der Waals surface area contributed by atoms with E-state index in [9.17, 15) is 18.0 Å². The zero-order valence-electron chi connectivity index (χ0n) is 14.9. The number of benzene rings is 1. The predicted molar refractivity (Wildman–Crippen MR) is 93.9 cm³/mol. The van der Waals surface area contributed by atoms with Crippen molar-refractivity contribution in [2.24, 2.45) is 0 Å². The topological polar surface area (TPSA) is 67.3 Å². The van der Waals surface area contributed by atoms with Crippen molar-refractivity contribution >= 4 is 12.0 Å². The van der Waals surface area contributed by atoms with Crippen LogP contribution < -0.4 is 5.32 Å². The lowest BCUT2D eigenvalue weighted by Gasteiger charge is -2.31. The zero-order valence-corrected chi connectivity index (χ0v) is 14.9. The summed E-state index contributed by atoms with van der Waals surface area (Å²) < 4.78 is 43.9. The molecule has 146 valence electrons. The van der Waals surface area contributed by atoms with E-state index in [2.05, 4.69) is 15.3 Å². The van der Waals surface area contributed by atoms with Crippen molar-refractivity contribution in [1.29, 1.82) is 0 Å². The molecule has 27 heavy (non-hydrogen) atoms. The van der Waals surface area contributed by atoms with Gasteiger partial charge in [-0.05, 0) is 30.2 Å². The second kappa shape index (κ2) is 9.75. The van der Waals surface area contributed by atoms with Crippen LogP contribution in [0.2, 0.25) is 0 Å². The molecule has 1 aliphatic heterocycles. The number of hydrogen-bond acceptors (Lipinski definition) is 5. The fourth-order valence-electron chi connectivity index (χ4n) is 2.37. The molecule has 0 spiro atoms. The number of hydrogen-bond donors (Lipinski definition) is 1. The number of ether oxygens (including phenoxy) is 1. The third-order valence-electron chi connectivity index (χ3n) is 3.72. The van der Waals surface area contributed by atoms with E-state index in [4.69, 9.17) is 4.74 Å². The first kappa shape index (κ1) is 20.5. The molecule has 0 aliphatic carbocycles. The third-order valence-corrected chi connectivity index (χ3v) is 3.72. The molecular formula is C18H21F3N4O2. The fourth-order valence-corrected chi connectivity index (χ4v) is 2.37. The second-order valence-corrected chi connectivity index (χ2v) is 5.88. The van der Waals surface area contributed by atoms with E-state index < -0.39 is 18.6 Å². The first-order valence-electron chi connectivity index (χ1n) is 8.38. The highest BCUT2D eigenvalue weighted by Crippen LogP contribution is 2.26. The molecular weight excluding hydrogens is 361 g/mol. The van der Waals surface area contributed by atoms with Crippen molar-refractivity contribution in [2.75, 3.05) is 25.5 Å². The standard InChI is InChI=1S/C13H14F3NO2.C5H7N3/c14-11-4-2-10(3-5-11)8-19-12(18)17-7-1-6-13(15,16)9-17;1-6-5-7-3-2-4-8-5/h2-5H,1,6-9H2;2-4H,1H3,(H,6,7,8). The van der Waals surface area contributed by atoms with Crippen molar-refractivity contribution < 1.29 is 22.7 Å². The van der Waals surface area contributed by atoms with Crippen LogP contribution in [0, 0.1) is 5.82 Å². The Hall–Kier alpha value is -2.84. The maximum atomic E-state index is 13.1. The van der Waals surface area contributed by atoms with Crippen molar-refractivity contribution in [3.63, 3.8) is 0 Å². The number of carbonyl (C=O) groups excluding carboxylic acids is 1. The van der Waals surface area contributed by atoms with Crippen molar-refractivity contribution in [1.82, 2.24) is 14.9 Å². The molecule has 0 bridgehead atoms. The fraction of sp³-hybridized carbons (Fsp3) is 0.389. The summed E-state index contributed by atoms with van der Waals surface area (Å²) in [7, 11) is 1.79. The highest BCUT2D eigenvalue weighted by Gasteiger charge is 2.37. The summed E-state index contributed by atoms with van der Waals surface area (Å²) in [5.41, 5.74) is 0.610. The van der Waals surface area contributed by atoms with Crippen molar-refractivity contribution in [2.45, 2.75) is 25.4 Å². The lowest BCUT2D eigenvalue weighted by atomic mass is 10.1. The molecule has 2 aromatic rings. The highest BCUT2D eigenvalue weighted by molar-refractivity contribution is 5.67.